The molecule has 2 rings (SSSR count). The molecular formula is C9H15NO2. The highest BCUT2D eigenvalue weighted by Gasteiger charge is 2.51. The van der Waals surface area contributed by atoms with E-state index in [1.165, 1.54) is 12.8 Å². The highest BCUT2D eigenvalue weighted by molar-refractivity contribution is 5.82. The van der Waals surface area contributed by atoms with Crippen LogP contribution in [0, 0.1) is 11.3 Å². The lowest BCUT2D eigenvalue weighted by Gasteiger charge is -2.43. The van der Waals surface area contributed by atoms with Crippen molar-refractivity contribution < 1.29 is 9.53 Å². The van der Waals surface area contributed by atoms with E-state index in [4.69, 9.17) is 10.5 Å². The Bertz CT molecular complexity index is 193. The quantitative estimate of drug-likeness (QED) is 0.660. The fourth-order valence-electron chi connectivity index (χ4n) is 2.38. The lowest BCUT2D eigenvalue weighted by Crippen LogP contribution is -2.56. The molecule has 2 fully saturated rings. The Morgan fingerprint density at radius 2 is 1.92 bits per heavy atom. The van der Waals surface area contributed by atoms with Crippen molar-refractivity contribution >= 4 is 5.91 Å². The number of amides is 1. The molecule has 3 heteroatoms. The second-order valence-electron chi connectivity index (χ2n) is 3.99. The Morgan fingerprint density at radius 1 is 1.33 bits per heavy atom. The number of rotatable bonds is 2. The smallest absolute Gasteiger partial charge is 0.228 e. The largest absolute Gasteiger partial charge is 0.379 e. The first-order chi connectivity index (χ1) is 5.76. The molecule has 1 saturated heterocycles. The molecule has 0 aromatic heterocycles. The summed E-state index contributed by atoms with van der Waals surface area (Å²) in [6.45, 7) is 1.12. The van der Waals surface area contributed by atoms with Gasteiger partial charge in [0.05, 0.1) is 18.6 Å². The molecule has 68 valence electrons. The zero-order chi connectivity index (χ0) is 8.60. The van der Waals surface area contributed by atoms with Crippen LogP contribution in [0.2, 0.25) is 0 Å². The first-order valence-corrected chi connectivity index (χ1v) is 4.63. The van der Waals surface area contributed by atoms with Gasteiger partial charge >= 0.3 is 0 Å². The standard InChI is InChI=1S/C9H15NO2/c10-8(11)9(5-12-6-9)7-3-1-2-4-7/h7H,1-6H2,(H2,10,11). The Kier molecular flexibility index (Phi) is 1.83. The molecule has 1 amide bonds. The third-order valence-corrected chi connectivity index (χ3v) is 3.35. The summed E-state index contributed by atoms with van der Waals surface area (Å²) in [6.07, 6.45) is 4.82. The van der Waals surface area contributed by atoms with Crippen LogP contribution < -0.4 is 5.73 Å². The van der Waals surface area contributed by atoms with E-state index in [0.29, 0.717) is 19.1 Å². The van der Waals surface area contributed by atoms with Crippen molar-refractivity contribution in [1.29, 1.82) is 0 Å². The predicted molar refractivity (Wildman–Crippen MR) is 44.4 cm³/mol. The summed E-state index contributed by atoms with van der Waals surface area (Å²) in [5, 5.41) is 0. The number of ether oxygens (including phenoxy) is 1. The van der Waals surface area contributed by atoms with E-state index in [-0.39, 0.29) is 11.3 Å². The van der Waals surface area contributed by atoms with Crippen LogP contribution in [0.3, 0.4) is 0 Å². The predicted octanol–water partition coefficient (Wildman–Crippen LogP) is 0.678. The van der Waals surface area contributed by atoms with Crippen molar-refractivity contribution in [1.82, 2.24) is 0 Å². The number of hydrogen-bond donors (Lipinski definition) is 1. The van der Waals surface area contributed by atoms with Gasteiger partial charge in [0.15, 0.2) is 0 Å². The van der Waals surface area contributed by atoms with Crippen LogP contribution in [0.25, 0.3) is 0 Å². The molecule has 0 aromatic rings. The maximum absolute atomic E-state index is 11.2. The fourth-order valence-corrected chi connectivity index (χ4v) is 2.38. The second kappa shape index (κ2) is 2.73. The minimum Gasteiger partial charge on any atom is -0.379 e. The van der Waals surface area contributed by atoms with E-state index < -0.39 is 0 Å². The summed E-state index contributed by atoms with van der Waals surface area (Å²) in [5.41, 5.74) is 5.11. The van der Waals surface area contributed by atoms with Crippen LogP contribution in [-0.4, -0.2) is 19.1 Å². The molecule has 0 aromatic carbocycles. The first-order valence-electron chi connectivity index (χ1n) is 4.63. The van der Waals surface area contributed by atoms with Gasteiger partial charge in [0.25, 0.3) is 0 Å². The molecule has 1 heterocycles. The molecule has 0 unspecified atom stereocenters. The van der Waals surface area contributed by atoms with E-state index in [0.717, 1.165) is 12.8 Å². The molecule has 2 aliphatic rings. The van der Waals surface area contributed by atoms with Gasteiger partial charge in [-0.15, -0.1) is 0 Å². The maximum Gasteiger partial charge on any atom is 0.228 e. The monoisotopic (exact) mass is 169 g/mol. The van der Waals surface area contributed by atoms with E-state index >= 15 is 0 Å². The Labute approximate surface area is 72.3 Å². The van der Waals surface area contributed by atoms with Gasteiger partial charge < -0.3 is 10.5 Å². The Balaban J connectivity index is 2.10. The van der Waals surface area contributed by atoms with E-state index in [2.05, 4.69) is 0 Å². The van der Waals surface area contributed by atoms with E-state index in [1.54, 1.807) is 0 Å². The average molecular weight is 169 g/mol. The highest BCUT2D eigenvalue weighted by atomic mass is 16.5. The normalized spacial score (nSPS) is 28.3. The third-order valence-electron chi connectivity index (χ3n) is 3.35. The van der Waals surface area contributed by atoms with Gasteiger partial charge in [-0.25, -0.2) is 0 Å². The SMILES string of the molecule is NC(=O)C1(C2CCCC2)COC1. The van der Waals surface area contributed by atoms with Gasteiger partial charge in [-0.2, -0.15) is 0 Å². The molecular weight excluding hydrogens is 154 g/mol. The third kappa shape index (κ3) is 0.959. The number of nitrogens with two attached hydrogens (primary N) is 1. The van der Waals surface area contributed by atoms with Crippen LogP contribution in [0.15, 0.2) is 0 Å². The van der Waals surface area contributed by atoms with Crippen molar-refractivity contribution in [2.75, 3.05) is 13.2 Å². The van der Waals surface area contributed by atoms with E-state index in [9.17, 15) is 4.79 Å². The van der Waals surface area contributed by atoms with Gasteiger partial charge in [-0.1, -0.05) is 12.8 Å². The van der Waals surface area contributed by atoms with Gasteiger partial charge in [0.2, 0.25) is 5.91 Å². The van der Waals surface area contributed by atoms with Crippen molar-refractivity contribution in [3.8, 4) is 0 Å². The molecule has 0 spiro atoms. The molecule has 1 aliphatic heterocycles. The number of primary amides is 1. The number of carbonyl (C=O) groups is 1. The molecule has 3 nitrogen and oxygen atoms in total. The molecule has 0 atom stereocenters. The van der Waals surface area contributed by atoms with Crippen LogP contribution >= 0.6 is 0 Å². The topological polar surface area (TPSA) is 52.3 Å². The molecule has 0 radical (unpaired) electrons. The first kappa shape index (κ1) is 8.05. The average Bonchev–Trinajstić information content (AvgIpc) is 2.35. The van der Waals surface area contributed by atoms with Crippen molar-refractivity contribution in [3.63, 3.8) is 0 Å². The minimum atomic E-state index is -0.281. The summed E-state index contributed by atoms with van der Waals surface area (Å²) in [4.78, 5) is 11.2. The van der Waals surface area contributed by atoms with Crippen LogP contribution in [-0.2, 0) is 9.53 Å². The minimum absolute atomic E-state index is 0.152. The van der Waals surface area contributed by atoms with Crippen molar-refractivity contribution in [2.45, 2.75) is 25.7 Å². The second-order valence-corrected chi connectivity index (χ2v) is 3.99. The fraction of sp³-hybridized carbons (Fsp3) is 0.889. The van der Waals surface area contributed by atoms with Crippen molar-refractivity contribution in [3.05, 3.63) is 0 Å². The lowest BCUT2D eigenvalue weighted by atomic mass is 9.72. The highest BCUT2D eigenvalue weighted by Crippen LogP contribution is 2.44. The summed E-state index contributed by atoms with van der Waals surface area (Å²) >= 11 is 0. The summed E-state index contributed by atoms with van der Waals surface area (Å²) < 4.78 is 5.11. The van der Waals surface area contributed by atoms with Gasteiger partial charge in [-0.3, -0.25) is 4.79 Å². The Morgan fingerprint density at radius 3 is 2.25 bits per heavy atom. The summed E-state index contributed by atoms with van der Waals surface area (Å²) in [5.74, 6) is 0.351. The van der Waals surface area contributed by atoms with Gasteiger partial charge in [0, 0.05) is 0 Å². The molecule has 12 heavy (non-hydrogen) atoms. The summed E-state index contributed by atoms with van der Waals surface area (Å²) in [7, 11) is 0. The van der Waals surface area contributed by atoms with Crippen LogP contribution in [0.5, 0.6) is 0 Å². The van der Waals surface area contributed by atoms with Crippen molar-refractivity contribution in [2.24, 2.45) is 17.1 Å². The molecule has 1 saturated carbocycles. The Hall–Kier alpha value is -0.570. The van der Waals surface area contributed by atoms with E-state index in [1.807, 2.05) is 0 Å². The number of hydrogen-bond acceptors (Lipinski definition) is 2. The molecule has 1 aliphatic carbocycles. The van der Waals surface area contributed by atoms with Gasteiger partial charge in [0.1, 0.15) is 0 Å². The lowest BCUT2D eigenvalue weighted by molar-refractivity contribution is -0.171. The molecule has 2 N–H and O–H groups in total. The van der Waals surface area contributed by atoms with Crippen LogP contribution in [0.4, 0.5) is 0 Å². The zero-order valence-corrected chi connectivity index (χ0v) is 7.21. The number of carbonyl (C=O) groups excluding carboxylic acids is 1. The zero-order valence-electron chi connectivity index (χ0n) is 7.21. The summed E-state index contributed by atoms with van der Waals surface area (Å²) in [6, 6.07) is 0. The molecule has 0 bridgehead atoms. The van der Waals surface area contributed by atoms with Crippen LogP contribution in [0.1, 0.15) is 25.7 Å². The van der Waals surface area contributed by atoms with Gasteiger partial charge in [-0.05, 0) is 18.8 Å². The maximum atomic E-state index is 11.2.